The van der Waals surface area contributed by atoms with Crippen LogP contribution in [0.4, 0.5) is 5.69 Å². The quantitative estimate of drug-likeness (QED) is 0.794. The van der Waals surface area contributed by atoms with Crippen molar-refractivity contribution in [3.05, 3.63) is 27.7 Å². The first-order valence-corrected chi connectivity index (χ1v) is 8.18. The van der Waals surface area contributed by atoms with Gasteiger partial charge in [0.1, 0.15) is 0 Å². The van der Waals surface area contributed by atoms with Crippen molar-refractivity contribution in [2.24, 2.45) is 5.92 Å². The van der Waals surface area contributed by atoms with Gasteiger partial charge in [-0.1, -0.05) is 36.2 Å². The van der Waals surface area contributed by atoms with Gasteiger partial charge in [0.15, 0.2) is 0 Å². The lowest BCUT2D eigenvalue weighted by Gasteiger charge is -2.12. The molecule has 0 saturated heterocycles. The smallest absolute Gasteiger partial charge is 0.309 e. The minimum absolute atomic E-state index is 0.210. The van der Waals surface area contributed by atoms with E-state index >= 15 is 0 Å². The van der Waals surface area contributed by atoms with Gasteiger partial charge in [-0.15, -0.1) is 0 Å². The summed E-state index contributed by atoms with van der Waals surface area (Å²) in [6, 6.07) is 3.47. The Morgan fingerprint density at radius 3 is 2.67 bits per heavy atom. The van der Waals surface area contributed by atoms with Crippen LogP contribution in [0.1, 0.15) is 12.5 Å². The number of methoxy groups -OCH3 is 1. The van der Waals surface area contributed by atoms with E-state index in [-0.39, 0.29) is 23.5 Å². The van der Waals surface area contributed by atoms with E-state index in [9.17, 15) is 9.59 Å². The predicted octanol–water partition coefficient (Wildman–Crippen LogP) is 3.78. The molecule has 0 aliphatic heterocycles. The highest BCUT2D eigenvalue weighted by Crippen LogP contribution is 2.32. The number of hydrogen-bond acceptors (Lipinski definition) is 4. The van der Waals surface area contributed by atoms with Gasteiger partial charge in [-0.2, -0.15) is 11.8 Å². The topological polar surface area (TPSA) is 55.4 Å². The number of carbonyl (C=O) groups excluding carboxylic acids is 2. The molecule has 4 nitrogen and oxygen atoms in total. The van der Waals surface area contributed by atoms with E-state index in [1.54, 1.807) is 19.1 Å². The zero-order valence-corrected chi connectivity index (χ0v) is 14.4. The first-order chi connectivity index (χ1) is 9.86. The highest BCUT2D eigenvalue weighted by atomic mass is 35.5. The van der Waals surface area contributed by atoms with Crippen molar-refractivity contribution in [1.82, 2.24) is 0 Å². The first-order valence-electron chi connectivity index (χ1n) is 6.26. The molecule has 0 aliphatic carbocycles. The Bertz CT molecular complexity index is 537. The van der Waals surface area contributed by atoms with Crippen LogP contribution in [0.3, 0.4) is 0 Å². The van der Waals surface area contributed by atoms with Crippen molar-refractivity contribution >= 4 is 52.5 Å². The molecule has 0 aromatic heterocycles. The molecule has 1 atom stereocenters. The molecular formula is C14H17Cl2NO3S. The number of hydrogen-bond donors (Lipinski definition) is 1. The van der Waals surface area contributed by atoms with Crippen LogP contribution in [0, 0.1) is 12.8 Å². The predicted molar refractivity (Wildman–Crippen MR) is 88.3 cm³/mol. The number of rotatable bonds is 6. The summed E-state index contributed by atoms with van der Waals surface area (Å²) in [6.45, 7) is 3.59. The average Bonchev–Trinajstić information content (AvgIpc) is 2.46. The van der Waals surface area contributed by atoms with E-state index in [0.717, 1.165) is 5.56 Å². The van der Waals surface area contributed by atoms with Crippen LogP contribution in [0.25, 0.3) is 0 Å². The normalized spacial score (nSPS) is 11.9. The number of thioether (sulfide) groups is 1. The van der Waals surface area contributed by atoms with Gasteiger partial charge in [0, 0.05) is 5.75 Å². The Hall–Kier alpha value is -0.910. The van der Waals surface area contributed by atoms with E-state index in [1.807, 2.05) is 6.92 Å². The highest BCUT2D eigenvalue weighted by molar-refractivity contribution is 8.00. The number of amides is 1. The molecule has 0 saturated carbocycles. The summed E-state index contributed by atoms with van der Waals surface area (Å²) in [7, 11) is 1.35. The molecule has 1 aromatic carbocycles. The average molecular weight is 350 g/mol. The maximum atomic E-state index is 11.9. The number of halogens is 2. The maximum Gasteiger partial charge on any atom is 0.309 e. The summed E-state index contributed by atoms with van der Waals surface area (Å²) < 4.78 is 4.62. The van der Waals surface area contributed by atoms with Crippen LogP contribution >= 0.6 is 35.0 Å². The summed E-state index contributed by atoms with van der Waals surface area (Å²) >= 11 is 13.5. The fourth-order valence-electron chi connectivity index (χ4n) is 1.54. The number of benzene rings is 1. The zero-order valence-electron chi connectivity index (χ0n) is 12.0. The number of anilines is 1. The van der Waals surface area contributed by atoms with Gasteiger partial charge in [0.05, 0.1) is 34.5 Å². The minimum Gasteiger partial charge on any atom is -0.469 e. The van der Waals surface area contributed by atoms with Crippen molar-refractivity contribution in [1.29, 1.82) is 0 Å². The standard InChI is InChI=1S/C14H17Cl2NO3S/c1-8-4-5-10(15)13(12(8)16)17-11(18)7-21-6-9(2)14(19)20-3/h4-5,9H,6-7H2,1-3H3,(H,17,18). The molecule has 1 rings (SSSR count). The summed E-state index contributed by atoms with van der Waals surface area (Å²) in [6.07, 6.45) is 0. The van der Waals surface area contributed by atoms with Crippen molar-refractivity contribution in [3.63, 3.8) is 0 Å². The third-order valence-corrected chi connectivity index (χ3v) is 4.76. The molecule has 1 N–H and O–H groups in total. The van der Waals surface area contributed by atoms with Gasteiger partial charge in [-0.25, -0.2) is 0 Å². The van der Waals surface area contributed by atoms with E-state index in [1.165, 1.54) is 18.9 Å². The molecule has 0 aliphatic rings. The van der Waals surface area contributed by atoms with E-state index < -0.39 is 0 Å². The first kappa shape index (κ1) is 18.1. The van der Waals surface area contributed by atoms with Gasteiger partial charge in [0.25, 0.3) is 0 Å². The van der Waals surface area contributed by atoms with Crippen LogP contribution in [-0.4, -0.2) is 30.5 Å². The Labute approximate surface area is 138 Å². The third kappa shape index (κ3) is 5.41. The molecule has 1 aromatic rings. The van der Waals surface area contributed by atoms with Gasteiger partial charge < -0.3 is 10.1 Å². The molecule has 1 unspecified atom stereocenters. The van der Waals surface area contributed by atoms with E-state index in [4.69, 9.17) is 23.2 Å². The molecule has 21 heavy (non-hydrogen) atoms. The van der Waals surface area contributed by atoms with Crippen molar-refractivity contribution < 1.29 is 14.3 Å². The molecule has 0 heterocycles. The molecule has 1 amide bonds. The van der Waals surface area contributed by atoms with Crippen LogP contribution in [0.15, 0.2) is 12.1 Å². The molecular weight excluding hydrogens is 333 g/mol. The number of carbonyl (C=O) groups is 2. The molecule has 7 heteroatoms. The van der Waals surface area contributed by atoms with Crippen LogP contribution < -0.4 is 5.32 Å². The second-order valence-corrected chi connectivity index (χ2v) is 6.36. The zero-order chi connectivity index (χ0) is 16.0. The second-order valence-electron chi connectivity index (χ2n) is 4.54. The van der Waals surface area contributed by atoms with Crippen molar-refractivity contribution in [2.45, 2.75) is 13.8 Å². The Kier molecular flexibility index (Phi) is 7.35. The summed E-state index contributed by atoms with van der Waals surface area (Å²) in [5.74, 6) is -0.0322. The largest absolute Gasteiger partial charge is 0.469 e. The number of aryl methyl sites for hydroxylation is 1. The van der Waals surface area contributed by atoms with Crippen LogP contribution in [0.5, 0.6) is 0 Å². The molecule has 0 fully saturated rings. The van der Waals surface area contributed by atoms with Crippen molar-refractivity contribution in [3.8, 4) is 0 Å². The van der Waals surface area contributed by atoms with Crippen molar-refractivity contribution in [2.75, 3.05) is 23.9 Å². The fraction of sp³-hybridized carbons (Fsp3) is 0.429. The fourth-order valence-corrected chi connectivity index (χ4v) is 2.87. The Morgan fingerprint density at radius 1 is 1.38 bits per heavy atom. The molecule has 116 valence electrons. The lowest BCUT2D eigenvalue weighted by atomic mass is 10.2. The number of nitrogens with one attached hydrogen (secondary N) is 1. The van der Waals surface area contributed by atoms with Crippen LogP contribution in [-0.2, 0) is 14.3 Å². The lowest BCUT2D eigenvalue weighted by molar-refractivity contribution is -0.144. The van der Waals surface area contributed by atoms with E-state index in [0.29, 0.717) is 21.5 Å². The van der Waals surface area contributed by atoms with E-state index in [2.05, 4.69) is 10.1 Å². The van der Waals surface area contributed by atoms with Gasteiger partial charge in [-0.05, 0) is 18.6 Å². The molecule has 0 radical (unpaired) electrons. The minimum atomic E-state index is -0.285. The van der Waals surface area contributed by atoms with Gasteiger partial charge in [-0.3, -0.25) is 9.59 Å². The molecule has 0 bridgehead atoms. The lowest BCUT2D eigenvalue weighted by Crippen LogP contribution is -2.18. The third-order valence-electron chi connectivity index (χ3n) is 2.75. The van der Waals surface area contributed by atoms with Gasteiger partial charge in [0.2, 0.25) is 5.91 Å². The number of ether oxygens (including phenoxy) is 1. The second kappa shape index (κ2) is 8.51. The summed E-state index contributed by atoms with van der Waals surface area (Å²) in [5, 5.41) is 3.53. The van der Waals surface area contributed by atoms with Crippen LogP contribution in [0.2, 0.25) is 10.0 Å². The monoisotopic (exact) mass is 349 g/mol. The SMILES string of the molecule is COC(=O)C(C)CSCC(=O)Nc1c(Cl)ccc(C)c1Cl. The molecule has 0 spiro atoms. The number of esters is 1. The summed E-state index contributed by atoms with van der Waals surface area (Å²) in [5.41, 5.74) is 1.26. The Balaban J connectivity index is 2.52. The maximum absolute atomic E-state index is 11.9. The Morgan fingerprint density at radius 2 is 2.05 bits per heavy atom. The highest BCUT2D eigenvalue weighted by Gasteiger charge is 2.15. The van der Waals surface area contributed by atoms with Gasteiger partial charge >= 0.3 is 5.97 Å². The summed E-state index contributed by atoms with van der Waals surface area (Å²) in [4.78, 5) is 23.1.